The van der Waals surface area contributed by atoms with Crippen molar-refractivity contribution >= 4 is 28.0 Å². The minimum Gasteiger partial charge on any atom is -0.495 e. The molecule has 7 heteroatoms. The molecule has 0 fully saturated rings. The van der Waals surface area contributed by atoms with Gasteiger partial charge >= 0.3 is 5.97 Å². The van der Waals surface area contributed by atoms with Crippen LogP contribution in [0.5, 0.6) is 5.75 Å². The molecule has 0 amide bonds. The molecule has 0 bridgehead atoms. The van der Waals surface area contributed by atoms with E-state index >= 15 is 0 Å². The highest BCUT2D eigenvalue weighted by Crippen LogP contribution is 2.25. The third-order valence-corrected chi connectivity index (χ3v) is 3.77. The molecule has 1 aromatic carbocycles. The fraction of sp³-hybridized carbons (Fsp3) is 0.143. The van der Waals surface area contributed by atoms with Crippen LogP contribution in [0.15, 0.2) is 36.0 Å². The monoisotopic (exact) mass is 303 g/mol. The first-order valence-corrected chi connectivity index (χ1v) is 7.07. The van der Waals surface area contributed by atoms with Crippen molar-refractivity contribution in [3.8, 4) is 5.75 Å². The van der Waals surface area contributed by atoms with E-state index in [0.29, 0.717) is 11.4 Å². The Bertz CT molecular complexity index is 765. The number of hydrogen-bond donors (Lipinski definition) is 1. The molecule has 0 aliphatic carbocycles. The summed E-state index contributed by atoms with van der Waals surface area (Å²) in [6, 6.07) is 4.99. The number of hydrogen-bond acceptors (Lipinski definition) is 6. The number of esters is 1. The smallest absolute Gasteiger partial charge is 0.340 e. The van der Waals surface area contributed by atoms with E-state index in [4.69, 9.17) is 15.2 Å². The lowest BCUT2D eigenvalue weighted by Crippen LogP contribution is -2.09. The van der Waals surface area contributed by atoms with Gasteiger partial charge in [-0.15, -0.1) is 11.3 Å². The number of fused-ring (bicyclic) bond motifs is 1. The van der Waals surface area contributed by atoms with Gasteiger partial charge in [-0.25, -0.2) is 9.78 Å². The van der Waals surface area contributed by atoms with Crippen molar-refractivity contribution in [2.45, 2.75) is 6.61 Å². The third kappa shape index (κ3) is 2.55. The molecule has 0 aliphatic rings. The van der Waals surface area contributed by atoms with Crippen LogP contribution in [0.25, 0.3) is 4.96 Å². The van der Waals surface area contributed by atoms with Crippen LogP contribution in [-0.2, 0) is 11.3 Å². The van der Waals surface area contributed by atoms with E-state index in [1.54, 1.807) is 18.2 Å². The van der Waals surface area contributed by atoms with Crippen molar-refractivity contribution in [1.82, 2.24) is 9.38 Å². The molecule has 0 radical (unpaired) electrons. The van der Waals surface area contributed by atoms with Crippen LogP contribution < -0.4 is 10.5 Å². The zero-order valence-electron chi connectivity index (χ0n) is 11.3. The molecule has 3 aromatic rings. The van der Waals surface area contributed by atoms with Gasteiger partial charge in [-0.1, -0.05) is 6.07 Å². The summed E-state index contributed by atoms with van der Waals surface area (Å²) in [6.45, 7) is 0.101. The summed E-state index contributed by atoms with van der Waals surface area (Å²) in [6.07, 6.45) is 3.73. The van der Waals surface area contributed by atoms with E-state index in [1.165, 1.54) is 18.4 Å². The first kappa shape index (κ1) is 13.4. The quantitative estimate of drug-likeness (QED) is 0.591. The lowest BCUT2D eigenvalue weighted by molar-refractivity contribution is 0.0469. The number of para-hydroxylation sites is 1. The maximum atomic E-state index is 12.1. The molecule has 0 saturated carbocycles. The molecule has 0 atom stereocenters. The first-order valence-electron chi connectivity index (χ1n) is 6.19. The van der Waals surface area contributed by atoms with E-state index < -0.39 is 5.97 Å². The fourth-order valence-electron chi connectivity index (χ4n) is 1.96. The normalized spacial score (nSPS) is 10.7. The Morgan fingerprint density at radius 1 is 1.48 bits per heavy atom. The number of imidazole rings is 1. The second kappa shape index (κ2) is 5.45. The minimum absolute atomic E-state index is 0.101. The molecule has 2 aromatic heterocycles. The van der Waals surface area contributed by atoms with E-state index in [2.05, 4.69) is 4.98 Å². The molecule has 0 spiro atoms. The topological polar surface area (TPSA) is 78.8 Å². The van der Waals surface area contributed by atoms with Gasteiger partial charge in [0.25, 0.3) is 0 Å². The molecule has 0 unspecified atom stereocenters. The van der Waals surface area contributed by atoms with Gasteiger partial charge in [0, 0.05) is 17.8 Å². The van der Waals surface area contributed by atoms with Gasteiger partial charge in [-0.2, -0.15) is 0 Å². The second-order valence-corrected chi connectivity index (χ2v) is 5.20. The Labute approximate surface area is 124 Å². The fourth-order valence-corrected chi connectivity index (χ4v) is 2.68. The molecule has 3 rings (SSSR count). The molecular weight excluding hydrogens is 290 g/mol. The van der Waals surface area contributed by atoms with Gasteiger partial charge in [-0.3, -0.25) is 4.40 Å². The number of benzene rings is 1. The Kier molecular flexibility index (Phi) is 3.49. The van der Waals surface area contributed by atoms with E-state index in [0.717, 1.165) is 4.96 Å². The summed E-state index contributed by atoms with van der Waals surface area (Å²) in [5.41, 5.74) is 7.12. The standard InChI is InChI=1S/C14H13N3O3S/c1-19-11-4-2-3-10(12(11)15)13(18)20-8-9-7-17-5-6-21-14(17)16-9/h2-7H,8,15H2,1H3. The summed E-state index contributed by atoms with van der Waals surface area (Å²) >= 11 is 1.52. The molecule has 2 heterocycles. The average molecular weight is 303 g/mol. The Balaban J connectivity index is 1.73. The second-order valence-electron chi connectivity index (χ2n) is 4.32. The van der Waals surface area contributed by atoms with Crippen molar-refractivity contribution in [2.24, 2.45) is 0 Å². The average Bonchev–Trinajstić information content (AvgIpc) is 3.06. The van der Waals surface area contributed by atoms with Crippen molar-refractivity contribution in [3.05, 3.63) is 47.2 Å². The van der Waals surface area contributed by atoms with E-state index in [9.17, 15) is 4.79 Å². The van der Waals surface area contributed by atoms with Gasteiger partial charge in [-0.05, 0) is 12.1 Å². The van der Waals surface area contributed by atoms with Crippen LogP contribution in [0, 0.1) is 0 Å². The number of nitrogen functional groups attached to an aromatic ring is 1. The van der Waals surface area contributed by atoms with Gasteiger partial charge in [0.15, 0.2) is 4.96 Å². The number of aromatic nitrogens is 2. The number of nitrogens with zero attached hydrogens (tertiary/aromatic N) is 2. The highest BCUT2D eigenvalue weighted by Gasteiger charge is 2.15. The van der Waals surface area contributed by atoms with Crippen LogP contribution in [0.3, 0.4) is 0 Å². The maximum Gasteiger partial charge on any atom is 0.340 e. The number of methoxy groups -OCH3 is 1. The first-order chi connectivity index (χ1) is 10.2. The van der Waals surface area contributed by atoms with Crippen molar-refractivity contribution in [2.75, 3.05) is 12.8 Å². The van der Waals surface area contributed by atoms with Gasteiger partial charge in [0.2, 0.25) is 0 Å². The van der Waals surface area contributed by atoms with E-state index in [1.807, 2.05) is 22.2 Å². The van der Waals surface area contributed by atoms with Crippen LogP contribution in [0.1, 0.15) is 16.1 Å². The molecule has 21 heavy (non-hydrogen) atoms. The van der Waals surface area contributed by atoms with Crippen LogP contribution in [-0.4, -0.2) is 22.5 Å². The summed E-state index contributed by atoms with van der Waals surface area (Å²) in [7, 11) is 1.50. The van der Waals surface area contributed by atoms with Crippen molar-refractivity contribution in [3.63, 3.8) is 0 Å². The molecule has 0 saturated heterocycles. The van der Waals surface area contributed by atoms with Crippen LogP contribution >= 0.6 is 11.3 Å². The molecule has 2 N–H and O–H groups in total. The maximum absolute atomic E-state index is 12.1. The third-order valence-electron chi connectivity index (χ3n) is 3.00. The Morgan fingerprint density at radius 2 is 2.33 bits per heavy atom. The van der Waals surface area contributed by atoms with Crippen LogP contribution in [0.4, 0.5) is 5.69 Å². The summed E-state index contributed by atoms with van der Waals surface area (Å²) < 4.78 is 12.2. The molecule has 0 aliphatic heterocycles. The Morgan fingerprint density at radius 3 is 3.10 bits per heavy atom. The lowest BCUT2D eigenvalue weighted by Gasteiger charge is -2.09. The lowest BCUT2D eigenvalue weighted by atomic mass is 10.1. The molecule has 108 valence electrons. The predicted molar refractivity (Wildman–Crippen MR) is 79.6 cm³/mol. The zero-order chi connectivity index (χ0) is 14.8. The van der Waals surface area contributed by atoms with Gasteiger partial charge in [0.05, 0.1) is 24.1 Å². The molecular formula is C14H13N3O3S. The van der Waals surface area contributed by atoms with Crippen molar-refractivity contribution < 1.29 is 14.3 Å². The SMILES string of the molecule is COc1cccc(C(=O)OCc2cn3ccsc3n2)c1N. The number of thiazole rings is 1. The number of ether oxygens (including phenoxy) is 2. The largest absolute Gasteiger partial charge is 0.495 e. The number of anilines is 1. The Hall–Kier alpha value is -2.54. The van der Waals surface area contributed by atoms with Crippen molar-refractivity contribution in [1.29, 1.82) is 0 Å². The molecule has 6 nitrogen and oxygen atoms in total. The summed E-state index contributed by atoms with van der Waals surface area (Å²) in [4.78, 5) is 17.3. The number of carbonyl (C=O) groups is 1. The highest BCUT2D eigenvalue weighted by atomic mass is 32.1. The highest BCUT2D eigenvalue weighted by molar-refractivity contribution is 7.15. The van der Waals surface area contributed by atoms with Crippen LogP contribution in [0.2, 0.25) is 0 Å². The van der Waals surface area contributed by atoms with Gasteiger partial charge in [0.1, 0.15) is 12.4 Å². The predicted octanol–water partition coefficient (Wildman–Crippen LogP) is 2.34. The van der Waals surface area contributed by atoms with Gasteiger partial charge < -0.3 is 15.2 Å². The number of nitrogens with two attached hydrogens (primary N) is 1. The number of carbonyl (C=O) groups excluding carboxylic acids is 1. The number of rotatable bonds is 4. The summed E-state index contributed by atoms with van der Waals surface area (Å²) in [5.74, 6) is -0.0466. The summed E-state index contributed by atoms with van der Waals surface area (Å²) in [5, 5.41) is 1.94. The van der Waals surface area contributed by atoms with E-state index in [-0.39, 0.29) is 17.9 Å². The zero-order valence-corrected chi connectivity index (χ0v) is 12.1. The minimum atomic E-state index is -0.497.